The average molecular weight is 223 g/mol. The lowest BCUT2D eigenvalue weighted by atomic mass is 10.1. The van der Waals surface area contributed by atoms with Gasteiger partial charge in [0.25, 0.3) is 0 Å². The van der Waals surface area contributed by atoms with Crippen molar-refractivity contribution in [3.8, 4) is 0 Å². The van der Waals surface area contributed by atoms with E-state index in [0.717, 1.165) is 0 Å². The van der Waals surface area contributed by atoms with Crippen molar-refractivity contribution >= 4 is 17.0 Å². The van der Waals surface area contributed by atoms with E-state index < -0.39 is 5.43 Å². The molecule has 0 aromatic rings. The first-order chi connectivity index (χ1) is 6.65. The summed E-state index contributed by atoms with van der Waals surface area (Å²) in [5, 5.41) is 7.18. The predicted octanol–water partition coefficient (Wildman–Crippen LogP) is 5.05. The van der Waals surface area contributed by atoms with E-state index in [1.54, 1.807) is 0 Å². The maximum Gasteiger partial charge on any atom is 0.401 e. The number of hydrogen-bond donors (Lipinski definition) is 1. The number of unbranched alkanes of at least 4 members (excludes halogenated alkanes) is 7. The molecular weight excluding hydrogens is 200 g/mol. The van der Waals surface area contributed by atoms with Gasteiger partial charge in [-0.3, -0.25) is 0 Å². The van der Waals surface area contributed by atoms with Crippen LogP contribution in [0, 0.1) is 0 Å². The summed E-state index contributed by atoms with van der Waals surface area (Å²) in [6, 6.07) is 0. The second-order valence-corrected chi connectivity index (χ2v) is 3.70. The molecule has 0 aromatic heterocycles. The Morgan fingerprint density at radius 2 is 1.14 bits per heavy atom. The van der Waals surface area contributed by atoms with Crippen molar-refractivity contribution in [2.45, 2.75) is 65.2 Å². The molecule has 0 bridgehead atoms. The van der Waals surface area contributed by atoms with E-state index >= 15 is 0 Å². The minimum absolute atomic E-state index is 1.36. The zero-order valence-corrected chi connectivity index (χ0v) is 10.1. The first-order valence-electron chi connectivity index (χ1n) is 5.53. The maximum absolute atomic E-state index is 8.77. The highest BCUT2D eigenvalue weighted by molar-refractivity contribution is 6.60. The van der Waals surface area contributed by atoms with Crippen LogP contribution in [0.15, 0.2) is 0 Å². The lowest BCUT2D eigenvalue weighted by Crippen LogP contribution is -1.77. The molecule has 0 aliphatic rings. The van der Waals surface area contributed by atoms with Gasteiger partial charge in [0.2, 0.25) is 0 Å². The molecule has 0 atom stereocenters. The van der Waals surface area contributed by atoms with Gasteiger partial charge in [-0.15, -0.1) is 0 Å². The van der Waals surface area contributed by atoms with Crippen LogP contribution in [-0.2, 0) is 0 Å². The lowest BCUT2D eigenvalue weighted by molar-refractivity contribution is 0.220. The number of carboxylic acid groups (broad SMARTS) is 1. The van der Waals surface area contributed by atoms with Gasteiger partial charge in [-0.05, 0) is 0 Å². The van der Waals surface area contributed by atoms with E-state index in [2.05, 4.69) is 25.4 Å². The van der Waals surface area contributed by atoms with Crippen molar-refractivity contribution in [2.24, 2.45) is 0 Å². The summed E-state index contributed by atoms with van der Waals surface area (Å²) in [5.41, 5.74) is -1.36. The van der Waals surface area contributed by atoms with Gasteiger partial charge in [0.15, 0.2) is 0 Å². The summed E-state index contributed by atoms with van der Waals surface area (Å²) >= 11 is 4.19. The largest absolute Gasteiger partial charge is 0.469 e. The number of carbonyl (C=O) groups is 1. The number of rotatable bonds is 7. The molecule has 0 saturated carbocycles. The van der Waals surface area contributed by atoms with Gasteiger partial charge in [0.1, 0.15) is 0 Å². The Hall–Kier alpha value is -0.240. The maximum atomic E-state index is 8.77. The van der Waals surface area contributed by atoms with E-state index in [-0.39, 0.29) is 0 Å². The zero-order chi connectivity index (χ0) is 11.2. The van der Waals surface area contributed by atoms with Crippen molar-refractivity contribution in [1.82, 2.24) is 0 Å². The molecule has 86 valence electrons. The summed E-state index contributed by atoms with van der Waals surface area (Å²) in [6.45, 7) is 4.54. The smallest absolute Gasteiger partial charge is 0.401 e. The molecule has 0 saturated heterocycles. The highest BCUT2D eigenvalue weighted by Gasteiger charge is 1.87. The van der Waals surface area contributed by atoms with E-state index in [0.29, 0.717) is 0 Å². The van der Waals surface area contributed by atoms with Gasteiger partial charge in [0.05, 0.1) is 0 Å². The van der Waals surface area contributed by atoms with Crippen LogP contribution in [0.2, 0.25) is 0 Å². The third kappa shape index (κ3) is 29.8. The molecule has 3 heteroatoms. The van der Waals surface area contributed by atoms with Crippen LogP contribution in [-0.4, -0.2) is 10.5 Å². The van der Waals surface area contributed by atoms with Crippen molar-refractivity contribution in [3.63, 3.8) is 0 Å². The zero-order valence-electron chi connectivity index (χ0n) is 9.39. The molecule has 0 aromatic carbocycles. The fourth-order valence-electron chi connectivity index (χ4n) is 1.21. The Bertz CT molecular complexity index is 104. The molecule has 0 aliphatic heterocycles. The standard InChI is InChI=1S/C10H22.CHClO2/c1-3-5-7-9-10-8-6-4-2;2-1(3)4/h3-10H2,1-2H3;(H,3,4). The minimum Gasteiger partial charge on any atom is -0.469 e. The summed E-state index contributed by atoms with van der Waals surface area (Å²) in [4.78, 5) is 8.77. The molecular formula is C11H23ClO2. The van der Waals surface area contributed by atoms with Crippen LogP contribution in [0.4, 0.5) is 4.79 Å². The molecule has 0 fully saturated rings. The van der Waals surface area contributed by atoms with Gasteiger partial charge >= 0.3 is 5.43 Å². The Morgan fingerprint density at radius 1 is 0.929 bits per heavy atom. The van der Waals surface area contributed by atoms with E-state index in [1.807, 2.05) is 0 Å². The van der Waals surface area contributed by atoms with E-state index in [1.165, 1.54) is 51.4 Å². The molecule has 0 radical (unpaired) electrons. The Kier molecular flexibility index (Phi) is 17.6. The van der Waals surface area contributed by atoms with E-state index in [9.17, 15) is 0 Å². The van der Waals surface area contributed by atoms with Crippen LogP contribution in [0.1, 0.15) is 65.2 Å². The molecule has 0 unspecified atom stereocenters. The topological polar surface area (TPSA) is 37.3 Å². The quantitative estimate of drug-likeness (QED) is 0.484. The second kappa shape index (κ2) is 15.2. The predicted molar refractivity (Wildman–Crippen MR) is 62.2 cm³/mol. The number of halogens is 1. The Morgan fingerprint density at radius 3 is 1.36 bits per heavy atom. The highest BCUT2D eigenvalue weighted by Crippen LogP contribution is 2.07. The fraction of sp³-hybridized carbons (Fsp3) is 0.909. The van der Waals surface area contributed by atoms with Gasteiger partial charge in [-0.1, -0.05) is 65.2 Å². The third-order valence-electron chi connectivity index (χ3n) is 1.96. The normalized spacial score (nSPS) is 9.07. The van der Waals surface area contributed by atoms with Crippen LogP contribution in [0.25, 0.3) is 0 Å². The fourth-order valence-corrected chi connectivity index (χ4v) is 1.21. The molecule has 14 heavy (non-hydrogen) atoms. The molecule has 0 spiro atoms. The summed E-state index contributed by atoms with van der Waals surface area (Å²) in [7, 11) is 0. The number of hydrogen-bond acceptors (Lipinski definition) is 1. The first kappa shape index (κ1) is 16.2. The summed E-state index contributed by atoms with van der Waals surface area (Å²) in [5.74, 6) is 0. The Labute approximate surface area is 92.7 Å². The van der Waals surface area contributed by atoms with Crippen molar-refractivity contribution in [2.75, 3.05) is 0 Å². The summed E-state index contributed by atoms with van der Waals surface area (Å²) in [6.07, 6.45) is 11.5. The Balaban J connectivity index is 0. The molecule has 1 N–H and O–H groups in total. The molecule has 0 rings (SSSR count). The van der Waals surface area contributed by atoms with Crippen LogP contribution < -0.4 is 0 Å². The third-order valence-corrected chi connectivity index (χ3v) is 1.96. The van der Waals surface area contributed by atoms with Crippen LogP contribution in [0.3, 0.4) is 0 Å². The SMILES string of the molecule is CCCCCCCCCC.O=C(O)Cl. The van der Waals surface area contributed by atoms with Gasteiger partial charge in [0, 0.05) is 11.6 Å². The molecule has 2 nitrogen and oxygen atoms in total. The van der Waals surface area contributed by atoms with Gasteiger partial charge < -0.3 is 5.11 Å². The van der Waals surface area contributed by atoms with Gasteiger partial charge in [-0.25, -0.2) is 4.79 Å². The average Bonchev–Trinajstić information content (AvgIpc) is 2.10. The van der Waals surface area contributed by atoms with Crippen molar-refractivity contribution in [1.29, 1.82) is 0 Å². The van der Waals surface area contributed by atoms with Crippen LogP contribution >= 0.6 is 11.6 Å². The molecule has 0 amide bonds. The highest BCUT2D eigenvalue weighted by atomic mass is 35.5. The monoisotopic (exact) mass is 222 g/mol. The summed E-state index contributed by atoms with van der Waals surface area (Å²) < 4.78 is 0. The van der Waals surface area contributed by atoms with E-state index in [4.69, 9.17) is 9.90 Å². The van der Waals surface area contributed by atoms with Gasteiger partial charge in [-0.2, -0.15) is 0 Å². The van der Waals surface area contributed by atoms with Crippen LogP contribution in [0.5, 0.6) is 0 Å². The molecule has 0 heterocycles. The minimum atomic E-state index is -1.36. The molecule has 0 aliphatic carbocycles. The van der Waals surface area contributed by atoms with Crippen molar-refractivity contribution < 1.29 is 9.90 Å². The lowest BCUT2D eigenvalue weighted by Gasteiger charge is -1.97. The first-order valence-corrected chi connectivity index (χ1v) is 5.91. The second-order valence-electron chi connectivity index (χ2n) is 3.37. The van der Waals surface area contributed by atoms with Crippen molar-refractivity contribution in [3.05, 3.63) is 0 Å².